The minimum Gasteiger partial charge on any atom is -0.357 e. The first-order valence-electron chi connectivity index (χ1n) is 6.64. The Morgan fingerprint density at radius 2 is 1.95 bits per heavy atom. The summed E-state index contributed by atoms with van der Waals surface area (Å²) >= 11 is 3.40. The SMILES string of the molecule is CNC(=O)C(CC(C)C)NC(=O)c1cccc(Br)c1C. The van der Waals surface area contributed by atoms with E-state index in [9.17, 15) is 9.59 Å². The third kappa shape index (κ3) is 4.34. The summed E-state index contributed by atoms with van der Waals surface area (Å²) < 4.78 is 0.880. The van der Waals surface area contributed by atoms with Crippen molar-refractivity contribution >= 4 is 27.7 Å². The number of benzene rings is 1. The lowest BCUT2D eigenvalue weighted by Crippen LogP contribution is -2.46. The standard InChI is InChI=1S/C15H21BrN2O2/c1-9(2)8-13(15(20)17-4)18-14(19)11-6-5-7-12(16)10(11)3/h5-7,9,13H,8H2,1-4H3,(H,17,20)(H,18,19). The first kappa shape index (κ1) is 16.7. The van der Waals surface area contributed by atoms with Gasteiger partial charge in [0.05, 0.1) is 0 Å². The van der Waals surface area contributed by atoms with E-state index in [4.69, 9.17) is 0 Å². The number of rotatable bonds is 5. The molecule has 1 rings (SSSR count). The largest absolute Gasteiger partial charge is 0.357 e. The van der Waals surface area contributed by atoms with Gasteiger partial charge in [-0.1, -0.05) is 35.8 Å². The van der Waals surface area contributed by atoms with Crippen LogP contribution in [0.15, 0.2) is 22.7 Å². The summed E-state index contributed by atoms with van der Waals surface area (Å²) in [5.74, 6) is -0.0704. The molecule has 20 heavy (non-hydrogen) atoms. The zero-order chi connectivity index (χ0) is 15.3. The van der Waals surface area contributed by atoms with Gasteiger partial charge in [0.1, 0.15) is 6.04 Å². The van der Waals surface area contributed by atoms with Crippen LogP contribution in [0.3, 0.4) is 0 Å². The maximum absolute atomic E-state index is 12.3. The number of amides is 2. The van der Waals surface area contributed by atoms with Crippen LogP contribution in [0.2, 0.25) is 0 Å². The number of carbonyl (C=O) groups is 2. The summed E-state index contributed by atoms with van der Waals surface area (Å²) in [5.41, 5.74) is 1.45. The van der Waals surface area contributed by atoms with Gasteiger partial charge in [0.15, 0.2) is 0 Å². The fourth-order valence-corrected chi connectivity index (χ4v) is 2.33. The summed E-state index contributed by atoms with van der Waals surface area (Å²) in [7, 11) is 1.58. The average Bonchev–Trinajstić information content (AvgIpc) is 2.39. The smallest absolute Gasteiger partial charge is 0.252 e. The third-order valence-electron chi connectivity index (χ3n) is 3.09. The molecule has 1 unspecified atom stereocenters. The lowest BCUT2D eigenvalue weighted by Gasteiger charge is -2.19. The van der Waals surface area contributed by atoms with Crippen LogP contribution < -0.4 is 10.6 Å². The zero-order valence-corrected chi connectivity index (χ0v) is 13.9. The van der Waals surface area contributed by atoms with E-state index < -0.39 is 6.04 Å². The van der Waals surface area contributed by atoms with Gasteiger partial charge in [-0.2, -0.15) is 0 Å². The predicted molar refractivity (Wildman–Crippen MR) is 83.7 cm³/mol. The number of hydrogen-bond acceptors (Lipinski definition) is 2. The minimum atomic E-state index is -0.508. The van der Waals surface area contributed by atoms with Crippen LogP contribution in [-0.4, -0.2) is 24.9 Å². The van der Waals surface area contributed by atoms with Gasteiger partial charge in [0.25, 0.3) is 5.91 Å². The van der Waals surface area contributed by atoms with E-state index in [0.29, 0.717) is 17.9 Å². The van der Waals surface area contributed by atoms with Crippen molar-refractivity contribution in [2.24, 2.45) is 5.92 Å². The van der Waals surface area contributed by atoms with Gasteiger partial charge in [-0.15, -0.1) is 0 Å². The van der Waals surface area contributed by atoms with Gasteiger partial charge in [-0.05, 0) is 37.0 Å². The van der Waals surface area contributed by atoms with Crippen LogP contribution in [-0.2, 0) is 4.79 Å². The zero-order valence-electron chi connectivity index (χ0n) is 12.3. The number of halogens is 1. The molecule has 2 amide bonds. The molecule has 0 fully saturated rings. The van der Waals surface area contributed by atoms with E-state index >= 15 is 0 Å². The molecule has 1 aromatic carbocycles. The summed E-state index contributed by atoms with van der Waals surface area (Å²) in [6.07, 6.45) is 0.610. The molecule has 0 aliphatic heterocycles. The van der Waals surface area contributed by atoms with Crippen LogP contribution in [0.1, 0.15) is 36.2 Å². The average molecular weight is 341 g/mol. The van der Waals surface area contributed by atoms with Crippen LogP contribution in [0.4, 0.5) is 0 Å². The maximum atomic E-state index is 12.3. The number of nitrogens with one attached hydrogen (secondary N) is 2. The molecule has 2 N–H and O–H groups in total. The first-order chi connectivity index (χ1) is 9.36. The molecule has 0 aliphatic carbocycles. The number of carbonyl (C=O) groups excluding carboxylic acids is 2. The van der Waals surface area contributed by atoms with Crippen LogP contribution in [0, 0.1) is 12.8 Å². The highest BCUT2D eigenvalue weighted by atomic mass is 79.9. The number of hydrogen-bond donors (Lipinski definition) is 2. The van der Waals surface area contributed by atoms with Gasteiger partial charge < -0.3 is 10.6 Å². The Morgan fingerprint density at radius 1 is 1.30 bits per heavy atom. The molecule has 0 aliphatic rings. The Hall–Kier alpha value is -1.36. The molecule has 4 nitrogen and oxygen atoms in total. The molecular formula is C15H21BrN2O2. The summed E-state index contributed by atoms with van der Waals surface area (Å²) in [5, 5.41) is 5.40. The molecule has 0 radical (unpaired) electrons. The lowest BCUT2D eigenvalue weighted by atomic mass is 10.0. The van der Waals surface area contributed by atoms with E-state index in [2.05, 4.69) is 26.6 Å². The molecular weight excluding hydrogens is 320 g/mol. The van der Waals surface area contributed by atoms with Crippen molar-refractivity contribution in [1.29, 1.82) is 0 Å². The van der Waals surface area contributed by atoms with Crippen LogP contribution in [0.5, 0.6) is 0 Å². The van der Waals surface area contributed by atoms with Crippen LogP contribution >= 0.6 is 15.9 Å². The first-order valence-corrected chi connectivity index (χ1v) is 7.43. The molecule has 0 spiro atoms. The summed E-state index contributed by atoms with van der Waals surface area (Å²) in [4.78, 5) is 24.1. The predicted octanol–water partition coefficient (Wildman–Crippen LogP) is 2.65. The Balaban J connectivity index is 2.90. The van der Waals surface area contributed by atoms with Crippen molar-refractivity contribution in [3.63, 3.8) is 0 Å². The Bertz CT molecular complexity index is 501. The molecule has 5 heteroatoms. The van der Waals surface area contributed by atoms with Crippen molar-refractivity contribution in [3.05, 3.63) is 33.8 Å². The molecule has 1 atom stereocenters. The monoisotopic (exact) mass is 340 g/mol. The molecule has 110 valence electrons. The summed E-state index contributed by atoms with van der Waals surface area (Å²) in [6, 6.07) is 4.94. The van der Waals surface area contributed by atoms with E-state index in [1.54, 1.807) is 13.1 Å². The molecule has 1 aromatic rings. The molecule has 0 aromatic heterocycles. The fraction of sp³-hybridized carbons (Fsp3) is 0.467. The highest BCUT2D eigenvalue weighted by Gasteiger charge is 2.22. The van der Waals surface area contributed by atoms with Crippen molar-refractivity contribution in [2.75, 3.05) is 7.05 Å². The molecule has 0 saturated heterocycles. The van der Waals surface area contributed by atoms with E-state index in [1.807, 2.05) is 32.9 Å². The highest BCUT2D eigenvalue weighted by molar-refractivity contribution is 9.10. The van der Waals surface area contributed by atoms with Crippen molar-refractivity contribution in [2.45, 2.75) is 33.2 Å². The van der Waals surface area contributed by atoms with Crippen molar-refractivity contribution in [1.82, 2.24) is 10.6 Å². The normalized spacial score (nSPS) is 12.1. The highest BCUT2D eigenvalue weighted by Crippen LogP contribution is 2.19. The number of likely N-dealkylation sites (N-methyl/N-ethyl adjacent to an activating group) is 1. The molecule has 0 saturated carbocycles. The second-order valence-electron chi connectivity index (χ2n) is 5.18. The second kappa shape index (κ2) is 7.43. The van der Waals surface area contributed by atoms with Crippen molar-refractivity contribution in [3.8, 4) is 0 Å². The van der Waals surface area contributed by atoms with Gasteiger partial charge in [0, 0.05) is 17.1 Å². The Kier molecular flexibility index (Phi) is 6.20. The Labute approximate surface area is 128 Å². The lowest BCUT2D eigenvalue weighted by molar-refractivity contribution is -0.122. The van der Waals surface area contributed by atoms with Gasteiger partial charge in [0.2, 0.25) is 5.91 Å². The summed E-state index contributed by atoms with van der Waals surface area (Å²) in [6.45, 7) is 5.91. The minimum absolute atomic E-state index is 0.167. The third-order valence-corrected chi connectivity index (χ3v) is 3.95. The van der Waals surface area contributed by atoms with Gasteiger partial charge in [-0.25, -0.2) is 0 Å². The molecule has 0 bridgehead atoms. The fourth-order valence-electron chi connectivity index (χ4n) is 1.97. The van der Waals surface area contributed by atoms with Crippen LogP contribution in [0.25, 0.3) is 0 Å². The second-order valence-corrected chi connectivity index (χ2v) is 6.04. The van der Waals surface area contributed by atoms with E-state index in [-0.39, 0.29) is 11.8 Å². The van der Waals surface area contributed by atoms with Gasteiger partial charge in [-0.3, -0.25) is 9.59 Å². The Morgan fingerprint density at radius 3 is 2.50 bits per heavy atom. The van der Waals surface area contributed by atoms with Gasteiger partial charge >= 0.3 is 0 Å². The van der Waals surface area contributed by atoms with E-state index in [0.717, 1.165) is 10.0 Å². The van der Waals surface area contributed by atoms with E-state index in [1.165, 1.54) is 0 Å². The molecule has 0 heterocycles. The van der Waals surface area contributed by atoms with Crippen molar-refractivity contribution < 1.29 is 9.59 Å². The maximum Gasteiger partial charge on any atom is 0.252 e. The topological polar surface area (TPSA) is 58.2 Å². The quantitative estimate of drug-likeness (QED) is 0.865.